The first-order valence-corrected chi connectivity index (χ1v) is 6.98. The van der Waals surface area contributed by atoms with E-state index in [1.165, 1.54) is 16.5 Å². The highest BCUT2D eigenvalue weighted by Gasteiger charge is 2.15. The van der Waals surface area contributed by atoms with Crippen LogP contribution in [0.15, 0.2) is 30.3 Å². The molecule has 100 valence electrons. The number of fused-ring (bicyclic) bond motifs is 1. The van der Waals surface area contributed by atoms with Crippen LogP contribution in [-0.2, 0) is 4.74 Å². The highest BCUT2D eigenvalue weighted by Crippen LogP contribution is 2.28. The molecular formula is C16H20N2O. The summed E-state index contributed by atoms with van der Waals surface area (Å²) in [7, 11) is 0. The van der Waals surface area contributed by atoms with Crippen molar-refractivity contribution in [2.45, 2.75) is 19.8 Å². The summed E-state index contributed by atoms with van der Waals surface area (Å²) in [5.74, 6) is 1.52. The number of pyridine rings is 1. The number of anilines is 1. The van der Waals surface area contributed by atoms with Crippen LogP contribution in [0.25, 0.3) is 10.8 Å². The molecule has 0 atom stereocenters. The summed E-state index contributed by atoms with van der Waals surface area (Å²) in [5, 5.41) is 2.55. The minimum Gasteiger partial charge on any atom is -0.378 e. The van der Waals surface area contributed by atoms with E-state index >= 15 is 0 Å². The van der Waals surface area contributed by atoms with E-state index in [4.69, 9.17) is 9.72 Å². The van der Waals surface area contributed by atoms with Gasteiger partial charge in [-0.05, 0) is 17.4 Å². The van der Waals surface area contributed by atoms with Gasteiger partial charge in [0.1, 0.15) is 5.82 Å². The van der Waals surface area contributed by atoms with E-state index in [-0.39, 0.29) is 0 Å². The van der Waals surface area contributed by atoms with E-state index in [0.717, 1.165) is 32.1 Å². The molecule has 19 heavy (non-hydrogen) atoms. The molecule has 1 aromatic carbocycles. The number of rotatable bonds is 2. The lowest BCUT2D eigenvalue weighted by Crippen LogP contribution is -2.36. The van der Waals surface area contributed by atoms with Crippen LogP contribution in [0.4, 0.5) is 5.82 Å². The molecule has 1 saturated heterocycles. The first kappa shape index (κ1) is 12.4. The van der Waals surface area contributed by atoms with Crippen LogP contribution in [0.3, 0.4) is 0 Å². The minimum atomic E-state index is 0.436. The first-order valence-electron chi connectivity index (χ1n) is 6.98. The molecule has 1 aliphatic heterocycles. The number of aromatic nitrogens is 1. The van der Waals surface area contributed by atoms with Crippen LogP contribution in [-0.4, -0.2) is 31.3 Å². The van der Waals surface area contributed by atoms with Crippen LogP contribution in [0, 0.1) is 0 Å². The van der Waals surface area contributed by atoms with Crippen molar-refractivity contribution in [1.29, 1.82) is 0 Å². The van der Waals surface area contributed by atoms with Crippen LogP contribution in [0.2, 0.25) is 0 Å². The second kappa shape index (κ2) is 5.17. The minimum absolute atomic E-state index is 0.436. The summed E-state index contributed by atoms with van der Waals surface area (Å²) in [6.07, 6.45) is 0. The maximum absolute atomic E-state index is 5.42. The average molecular weight is 256 g/mol. The van der Waals surface area contributed by atoms with Gasteiger partial charge in [-0.15, -0.1) is 0 Å². The summed E-state index contributed by atoms with van der Waals surface area (Å²) >= 11 is 0. The lowest BCUT2D eigenvalue weighted by atomic mass is 10.0. The van der Waals surface area contributed by atoms with Crippen molar-refractivity contribution in [3.05, 3.63) is 36.0 Å². The average Bonchev–Trinajstić information content (AvgIpc) is 2.47. The van der Waals surface area contributed by atoms with Crippen LogP contribution in [0.1, 0.15) is 25.5 Å². The summed E-state index contributed by atoms with van der Waals surface area (Å²) in [6, 6.07) is 10.7. The van der Waals surface area contributed by atoms with E-state index in [1.54, 1.807) is 0 Å². The van der Waals surface area contributed by atoms with E-state index in [2.05, 4.69) is 49.1 Å². The maximum Gasteiger partial charge on any atom is 0.129 e. The summed E-state index contributed by atoms with van der Waals surface area (Å²) in [4.78, 5) is 7.22. The van der Waals surface area contributed by atoms with Gasteiger partial charge in [0.2, 0.25) is 0 Å². The van der Waals surface area contributed by atoms with Gasteiger partial charge >= 0.3 is 0 Å². The molecule has 3 heteroatoms. The zero-order chi connectivity index (χ0) is 13.2. The van der Waals surface area contributed by atoms with Gasteiger partial charge < -0.3 is 9.64 Å². The smallest absolute Gasteiger partial charge is 0.129 e. The molecule has 3 nitrogen and oxygen atoms in total. The number of hydrogen-bond donors (Lipinski definition) is 0. The molecule has 1 aromatic heterocycles. The zero-order valence-corrected chi connectivity index (χ0v) is 11.6. The zero-order valence-electron chi connectivity index (χ0n) is 11.6. The van der Waals surface area contributed by atoms with Crippen LogP contribution < -0.4 is 4.90 Å². The Hall–Kier alpha value is -1.61. The molecule has 0 unspecified atom stereocenters. The van der Waals surface area contributed by atoms with Gasteiger partial charge in [0.15, 0.2) is 0 Å². The molecular weight excluding hydrogens is 236 g/mol. The van der Waals surface area contributed by atoms with Crippen molar-refractivity contribution in [1.82, 2.24) is 4.98 Å². The van der Waals surface area contributed by atoms with Crippen molar-refractivity contribution >= 4 is 16.6 Å². The Balaban J connectivity index is 2.10. The number of benzene rings is 1. The van der Waals surface area contributed by atoms with E-state index in [1.807, 2.05) is 0 Å². The SMILES string of the molecule is CC(C)c1nc(N2CCOCC2)cc2ccccc12. The van der Waals surface area contributed by atoms with E-state index in [9.17, 15) is 0 Å². The van der Waals surface area contributed by atoms with Gasteiger partial charge in [0.25, 0.3) is 0 Å². The second-order valence-corrected chi connectivity index (χ2v) is 5.34. The second-order valence-electron chi connectivity index (χ2n) is 5.34. The van der Waals surface area contributed by atoms with Crippen molar-refractivity contribution < 1.29 is 4.74 Å². The Kier molecular flexibility index (Phi) is 3.38. The Morgan fingerprint density at radius 1 is 1.16 bits per heavy atom. The van der Waals surface area contributed by atoms with Crippen molar-refractivity contribution in [2.75, 3.05) is 31.2 Å². The summed E-state index contributed by atoms with van der Waals surface area (Å²) in [5.41, 5.74) is 1.19. The van der Waals surface area contributed by atoms with Crippen molar-refractivity contribution in [3.8, 4) is 0 Å². The van der Waals surface area contributed by atoms with Gasteiger partial charge in [-0.25, -0.2) is 4.98 Å². The monoisotopic (exact) mass is 256 g/mol. The third-order valence-corrected chi connectivity index (χ3v) is 3.64. The number of morpholine rings is 1. The fourth-order valence-corrected chi connectivity index (χ4v) is 2.61. The molecule has 0 saturated carbocycles. The fraction of sp³-hybridized carbons (Fsp3) is 0.438. The highest BCUT2D eigenvalue weighted by atomic mass is 16.5. The molecule has 0 amide bonds. The maximum atomic E-state index is 5.42. The quantitative estimate of drug-likeness (QED) is 0.825. The predicted octanol–water partition coefficient (Wildman–Crippen LogP) is 3.19. The largest absolute Gasteiger partial charge is 0.378 e. The molecule has 2 aromatic rings. The normalized spacial score (nSPS) is 16.3. The number of ether oxygens (including phenoxy) is 1. The molecule has 1 fully saturated rings. The molecule has 0 bridgehead atoms. The van der Waals surface area contributed by atoms with Crippen LogP contribution >= 0.6 is 0 Å². The predicted molar refractivity (Wildman–Crippen MR) is 78.9 cm³/mol. The molecule has 0 N–H and O–H groups in total. The third-order valence-electron chi connectivity index (χ3n) is 3.64. The summed E-state index contributed by atoms with van der Waals surface area (Å²) in [6.45, 7) is 7.87. The lowest BCUT2D eigenvalue weighted by molar-refractivity contribution is 0.122. The Morgan fingerprint density at radius 2 is 1.89 bits per heavy atom. The van der Waals surface area contributed by atoms with Gasteiger partial charge in [0, 0.05) is 18.5 Å². The lowest BCUT2D eigenvalue weighted by Gasteiger charge is -2.28. The van der Waals surface area contributed by atoms with Crippen LogP contribution in [0.5, 0.6) is 0 Å². The molecule has 1 aliphatic rings. The van der Waals surface area contributed by atoms with Crippen molar-refractivity contribution in [3.63, 3.8) is 0 Å². The molecule has 3 rings (SSSR count). The Labute approximate surface area is 114 Å². The number of nitrogens with zero attached hydrogens (tertiary/aromatic N) is 2. The Morgan fingerprint density at radius 3 is 2.63 bits per heavy atom. The van der Waals surface area contributed by atoms with Gasteiger partial charge in [-0.3, -0.25) is 0 Å². The van der Waals surface area contributed by atoms with Gasteiger partial charge in [-0.2, -0.15) is 0 Å². The van der Waals surface area contributed by atoms with E-state index in [0.29, 0.717) is 5.92 Å². The first-order chi connectivity index (χ1) is 9.25. The van der Waals surface area contributed by atoms with E-state index < -0.39 is 0 Å². The molecule has 0 radical (unpaired) electrons. The summed E-state index contributed by atoms with van der Waals surface area (Å²) < 4.78 is 5.42. The van der Waals surface area contributed by atoms with Crippen molar-refractivity contribution in [2.24, 2.45) is 0 Å². The molecule has 2 heterocycles. The topological polar surface area (TPSA) is 25.4 Å². The molecule has 0 spiro atoms. The highest BCUT2D eigenvalue weighted by molar-refractivity contribution is 5.87. The Bertz CT molecular complexity index is 574. The van der Waals surface area contributed by atoms with Gasteiger partial charge in [-0.1, -0.05) is 38.1 Å². The molecule has 0 aliphatic carbocycles. The fourth-order valence-electron chi connectivity index (χ4n) is 2.61. The standard InChI is InChI=1S/C16H20N2O/c1-12(2)16-14-6-4-3-5-13(14)11-15(17-16)18-7-9-19-10-8-18/h3-6,11-12H,7-10H2,1-2H3. The third kappa shape index (κ3) is 2.43. The van der Waals surface area contributed by atoms with Gasteiger partial charge in [0.05, 0.1) is 18.9 Å². The number of hydrogen-bond acceptors (Lipinski definition) is 3.